The van der Waals surface area contributed by atoms with Crippen LogP contribution in [0.25, 0.3) is 0 Å². The van der Waals surface area contributed by atoms with E-state index in [1.54, 1.807) is 0 Å². The van der Waals surface area contributed by atoms with E-state index in [0.717, 1.165) is 16.7 Å². The summed E-state index contributed by atoms with van der Waals surface area (Å²) in [6.45, 7) is 6.88. The predicted molar refractivity (Wildman–Crippen MR) is 260 cm³/mol. The molecule has 0 aliphatic rings. The minimum atomic E-state index is -4.20. The van der Waals surface area contributed by atoms with E-state index >= 15 is 0 Å². The van der Waals surface area contributed by atoms with Crippen molar-refractivity contribution in [3.63, 3.8) is 0 Å². The lowest BCUT2D eigenvalue weighted by Gasteiger charge is -2.09. The summed E-state index contributed by atoms with van der Waals surface area (Å²) >= 11 is 0. The first-order chi connectivity index (χ1) is 33.2. The monoisotopic (exact) mass is 1050 g/mol. The molecular weight excluding hydrogens is 990 g/mol. The Bertz CT molecular complexity index is 2610. The topological polar surface area (TPSA) is 598 Å². The number of ether oxygens (including phenoxy) is 6. The zero-order valence-electron chi connectivity index (χ0n) is 38.3. The zero-order valence-corrected chi connectivity index (χ0v) is 40.1. The lowest BCUT2D eigenvalue weighted by Crippen LogP contribution is -2.26. The highest BCUT2D eigenvalue weighted by molar-refractivity contribution is 7.51. The highest BCUT2D eigenvalue weighted by atomic mass is 31.2. The second kappa shape index (κ2) is 31.6. The van der Waals surface area contributed by atoms with Crippen LogP contribution >= 0.6 is 15.2 Å². The molecule has 0 saturated carbocycles. The third-order valence-electron chi connectivity index (χ3n) is 7.18. The molecule has 0 amide bonds. The van der Waals surface area contributed by atoms with Gasteiger partial charge < -0.3 is 105 Å². The lowest BCUT2D eigenvalue weighted by molar-refractivity contribution is 0.108. The summed E-state index contributed by atoms with van der Waals surface area (Å²) in [5.74, 6) is 1.48. The van der Waals surface area contributed by atoms with E-state index in [-0.39, 0.29) is 96.4 Å². The lowest BCUT2D eigenvalue weighted by atomic mass is 10.5. The second-order valence-electron chi connectivity index (χ2n) is 13.1. The van der Waals surface area contributed by atoms with Crippen molar-refractivity contribution in [3.05, 3.63) is 61.4 Å². The van der Waals surface area contributed by atoms with Crippen LogP contribution in [0.15, 0.2) is 44.7 Å². The molecule has 0 saturated heterocycles. The summed E-state index contributed by atoms with van der Waals surface area (Å²) in [5.41, 5.74) is 52.4. The van der Waals surface area contributed by atoms with E-state index in [2.05, 4.69) is 44.6 Å². The largest absolute Gasteiger partial charge is 0.475 e. The number of nitrogens with one attached hydrogen (secondary N) is 1. The van der Waals surface area contributed by atoms with Gasteiger partial charge in [0, 0.05) is 43.5 Å². The first-order valence-corrected chi connectivity index (χ1v) is 23.6. The van der Waals surface area contributed by atoms with Gasteiger partial charge in [-0.15, -0.1) is 0 Å². The highest BCUT2D eigenvalue weighted by Gasteiger charge is 2.14. The molecule has 0 spiro atoms. The molecule has 35 nitrogen and oxygen atoms in total. The van der Waals surface area contributed by atoms with Gasteiger partial charge in [0.05, 0.1) is 39.5 Å². The molecule has 0 aliphatic carbocycles. The fourth-order valence-corrected chi connectivity index (χ4v) is 5.21. The Morgan fingerprint density at radius 3 is 1.23 bits per heavy atom. The Balaban J connectivity index is 0.000000449. The van der Waals surface area contributed by atoms with E-state index in [0.29, 0.717) is 51.3 Å². The van der Waals surface area contributed by atoms with Crippen LogP contribution < -0.4 is 83.5 Å². The first kappa shape index (κ1) is 61.6. The van der Waals surface area contributed by atoms with E-state index in [9.17, 15) is 23.5 Å². The number of hydrogen-bond donors (Lipinski definition) is 15. The molecule has 0 radical (unpaired) electrons. The fourth-order valence-electron chi connectivity index (χ4n) is 4.48. The Morgan fingerprint density at radius 2 is 0.859 bits per heavy atom. The molecule has 396 valence electrons. The van der Waals surface area contributed by atoms with Crippen molar-refractivity contribution >= 4 is 74.0 Å². The Kier molecular flexibility index (Phi) is 27.4. The summed E-state index contributed by atoms with van der Waals surface area (Å²) in [7, 11) is -8.33. The van der Waals surface area contributed by atoms with E-state index in [4.69, 9.17) is 101 Å². The normalized spacial score (nSPS) is 10.7. The van der Waals surface area contributed by atoms with Gasteiger partial charge in [0.2, 0.25) is 41.5 Å². The average Bonchev–Trinajstić information content (AvgIpc) is 3.22. The van der Waals surface area contributed by atoms with Crippen LogP contribution in [-0.2, 0) is 41.2 Å². The van der Waals surface area contributed by atoms with Crippen molar-refractivity contribution < 1.29 is 57.1 Å². The number of H-pyrrole nitrogens is 1. The number of aromatic nitrogens is 10. The molecule has 5 aromatic rings. The van der Waals surface area contributed by atoms with Crippen molar-refractivity contribution in [1.82, 2.24) is 49.0 Å². The standard InChI is InChI=1S/2C8H14N4O2.2C7H13N4O5P.C4H6N4O/c1-2-13-3-4-14-7-5-6(9)11-8(10)12-7;1-2-14-4-3-12-7(13)5-6(9)11-8(12)10;8-5-3-6(11-7(9)10-5)16-2-1-15-4-17(12,13)14;8-5-3-6(12)11(7(9)10-5)1-2-16-4-17(13,14)15;5-2-1-3(9)8-4(6)7-2/h5H,2-4H2,1H3,(H4,9,10,11,12);5H,2-4,9H2,1H3,(H2,10,11);3H,1-2,4H2,(H2,12,13,14)(H4,8,9,10,11);3H,1-2,4,8H2,(H2,9,10)(H2,13,14,15);1H,(H5,5,6,7,8,9). The smallest absolute Gasteiger partial charge is 0.350 e. The molecular formula is C34H60N20O15P2. The number of aromatic amines is 1. The molecule has 0 aromatic carbocycles. The van der Waals surface area contributed by atoms with Crippen LogP contribution in [0.5, 0.6) is 11.8 Å². The number of rotatable bonds is 20. The number of anilines is 10. The van der Waals surface area contributed by atoms with Crippen LogP contribution in [0.1, 0.15) is 13.8 Å². The molecule has 0 unspecified atom stereocenters. The summed E-state index contributed by atoms with van der Waals surface area (Å²) in [5, 5.41) is 0. The summed E-state index contributed by atoms with van der Waals surface area (Å²) in [6.07, 6.45) is -1.35. The second-order valence-corrected chi connectivity index (χ2v) is 16.3. The first-order valence-electron chi connectivity index (χ1n) is 20.1. The van der Waals surface area contributed by atoms with Gasteiger partial charge in [-0.05, 0) is 13.8 Å². The summed E-state index contributed by atoms with van der Waals surface area (Å²) < 4.78 is 53.2. The minimum Gasteiger partial charge on any atom is -0.475 e. The van der Waals surface area contributed by atoms with E-state index in [1.165, 1.54) is 22.8 Å². The zero-order chi connectivity index (χ0) is 53.7. The minimum absolute atomic E-state index is 0.00885. The molecule has 0 fully saturated rings. The molecule has 0 aliphatic heterocycles. The Hall–Kier alpha value is -7.46. The third-order valence-corrected chi connectivity index (χ3v) is 8.21. The molecule has 5 rings (SSSR count). The van der Waals surface area contributed by atoms with Gasteiger partial charge >= 0.3 is 15.2 Å². The van der Waals surface area contributed by atoms with Crippen LogP contribution in [0.4, 0.5) is 58.8 Å². The quantitative estimate of drug-likeness (QED) is 0.0262. The SMILES string of the molecule is CCOCCOc1cc(N)nc(N)n1.CCOCCn1c(N)nc(N)cc1=O.Nc1cc(=O)[nH]c(N)n1.Nc1cc(=O)n(CCOCP(=O)(O)O)c(N)n1.Nc1cc(OCCOCP(=O)(O)O)nc(N)n1. The summed E-state index contributed by atoms with van der Waals surface area (Å²) in [6, 6.07) is 6.39. The van der Waals surface area contributed by atoms with Gasteiger partial charge in [-0.2, -0.15) is 34.9 Å². The van der Waals surface area contributed by atoms with Crippen LogP contribution in [0, 0.1) is 0 Å². The maximum Gasteiger partial charge on any atom is 0.350 e. The van der Waals surface area contributed by atoms with Gasteiger partial charge in [-0.1, -0.05) is 0 Å². The maximum atomic E-state index is 11.4. The van der Waals surface area contributed by atoms with Crippen molar-refractivity contribution in [3.8, 4) is 11.8 Å². The predicted octanol–water partition coefficient (Wildman–Crippen LogP) is -3.83. The van der Waals surface area contributed by atoms with Crippen LogP contribution in [-0.4, -0.2) is 134 Å². The number of nitrogens with zero attached hydrogens (tertiary/aromatic N) is 9. The molecule has 25 N–H and O–H groups in total. The van der Waals surface area contributed by atoms with E-state index in [1.807, 2.05) is 13.8 Å². The number of hydrogen-bond acceptors (Lipinski definition) is 28. The van der Waals surface area contributed by atoms with Crippen molar-refractivity contribution in [1.29, 1.82) is 0 Å². The van der Waals surface area contributed by atoms with Crippen LogP contribution in [0.2, 0.25) is 0 Å². The van der Waals surface area contributed by atoms with Gasteiger partial charge in [0.25, 0.3) is 16.7 Å². The van der Waals surface area contributed by atoms with Gasteiger partial charge in [-0.25, -0.2) is 0 Å². The molecule has 0 atom stereocenters. The van der Waals surface area contributed by atoms with Crippen LogP contribution in [0.3, 0.4) is 0 Å². The van der Waals surface area contributed by atoms with Gasteiger partial charge in [-0.3, -0.25) is 37.6 Å². The molecule has 0 bridgehead atoms. The maximum absolute atomic E-state index is 11.4. The summed E-state index contributed by atoms with van der Waals surface area (Å²) in [4.78, 5) is 95.4. The van der Waals surface area contributed by atoms with Crippen molar-refractivity contribution in [2.45, 2.75) is 26.9 Å². The third kappa shape index (κ3) is 29.2. The van der Waals surface area contributed by atoms with Crippen molar-refractivity contribution in [2.75, 3.05) is 123 Å². The Labute approximate surface area is 402 Å². The number of nitrogen functional groups attached to an aromatic ring is 10. The van der Waals surface area contributed by atoms with Crippen molar-refractivity contribution in [2.24, 2.45) is 0 Å². The van der Waals surface area contributed by atoms with Gasteiger partial charge in [0.15, 0.2) is 0 Å². The average molecular weight is 1050 g/mol. The molecule has 5 aromatic heterocycles. The number of nitrogens with two attached hydrogens (primary N) is 10. The molecule has 37 heteroatoms. The van der Waals surface area contributed by atoms with E-state index < -0.39 is 33.4 Å². The van der Waals surface area contributed by atoms with Gasteiger partial charge in [0.1, 0.15) is 55.0 Å². The Morgan fingerprint density at radius 1 is 0.493 bits per heavy atom. The highest BCUT2D eigenvalue weighted by Crippen LogP contribution is 2.34. The molecule has 71 heavy (non-hydrogen) atoms. The fraction of sp³-hybridized carbons (Fsp3) is 0.412. The molecule has 5 heterocycles.